The highest BCUT2D eigenvalue weighted by Gasteiger charge is 2.36. The smallest absolute Gasteiger partial charge is 0.310 e. The maximum Gasteiger partial charge on any atom is 0.310 e. The first kappa shape index (κ1) is 18.1. The van der Waals surface area contributed by atoms with E-state index < -0.39 is 16.1 Å². The molecule has 1 aliphatic rings. The molecule has 0 spiro atoms. The normalized spacial score (nSPS) is 16.8. The third kappa shape index (κ3) is 3.70. The van der Waals surface area contributed by atoms with Crippen LogP contribution in [0.4, 0.5) is 5.69 Å². The predicted molar refractivity (Wildman–Crippen MR) is 102 cm³/mol. The van der Waals surface area contributed by atoms with Crippen molar-refractivity contribution in [3.05, 3.63) is 78.1 Å². The maximum atomic E-state index is 12.8. The van der Waals surface area contributed by atoms with E-state index in [1.807, 2.05) is 6.07 Å². The fourth-order valence-corrected chi connectivity index (χ4v) is 3.62. The molecule has 8 nitrogen and oxygen atoms in total. The van der Waals surface area contributed by atoms with E-state index in [1.54, 1.807) is 48.7 Å². The van der Waals surface area contributed by atoms with E-state index >= 15 is 0 Å². The van der Waals surface area contributed by atoms with E-state index in [0.717, 1.165) is 6.26 Å². The van der Waals surface area contributed by atoms with E-state index in [2.05, 4.69) is 9.82 Å². The van der Waals surface area contributed by atoms with Crippen molar-refractivity contribution in [3.63, 3.8) is 0 Å². The minimum Gasteiger partial charge on any atom is -0.467 e. The summed E-state index contributed by atoms with van der Waals surface area (Å²) >= 11 is 0. The Balaban J connectivity index is 1.69. The van der Waals surface area contributed by atoms with Crippen molar-refractivity contribution in [2.24, 2.45) is 5.10 Å². The van der Waals surface area contributed by atoms with Gasteiger partial charge in [-0.2, -0.15) is 5.10 Å². The summed E-state index contributed by atoms with van der Waals surface area (Å²) in [5.74, 6) is 0.393. The van der Waals surface area contributed by atoms with Crippen LogP contribution in [0, 0.1) is 0 Å². The highest BCUT2D eigenvalue weighted by Crippen LogP contribution is 2.34. The molecule has 28 heavy (non-hydrogen) atoms. The third-order valence-corrected chi connectivity index (χ3v) is 4.83. The molecule has 4 rings (SSSR count). The number of anilines is 1. The van der Waals surface area contributed by atoms with Crippen LogP contribution in [0.25, 0.3) is 0 Å². The molecule has 9 heteroatoms. The number of nitrogens with zero attached hydrogens (tertiary/aromatic N) is 2. The van der Waals surface area contributed by atoms with Crippen LogP contribution < -0.4 is 4.72 Å². The van der Waals surface area contributed by atoms with Crippen molar-refractivity contribution in [3.8, 4) is 0 Å². The van der Waals surface area contributed by atoms with Crippen LogP contribution in [-0.4, -0.2) is 31.3 Å². The van der Waals surface area contributed by atoms with Crippen molar-refractivity contribution in [2.75, 3.05) is 11.0 Å². The highest BCUT2D eigenvalue weighted by molar-refractivity contribution is 7.92. The Bertz CT molecular complexity index is 1120. The molecule has 0 bridgehead atoms. The Kier molecular flexibility index (Phi) is 4.52. The average molecular weight is 399 g/mol. The first-order chi connectivity index (χ1) is 13.4. The lowest BCUT2D eigenvalue weighted by atomic mass is 10.0. The van der Waals surface area contributed by atoms with Gasteiger partial charge in [0, 0.05) is 12.1 Å². The van der Waals surface area contributed by atoms with Crippen LogP contribution in [0.1, 0.15) is 34.3 Å². The van der Waals surface area contributed by atoms with Crippen LogP contribution >= 0.6 is 0 Å². The number of hydrogen-bond acceptors (Lipinski definition) is 6. The van der Waals surface area contributed by atoms with Crippen molar-refractivity contribution in [2.45, 2.75) is 12.5 Å². The number of amides is 1. The minimum absolute atomic E-state index is 0.175. The molecular formula is C19H17N3O5S. The molecule has 1 amide bonds. The molecule has 1 aromatic carbocycles. The standard InChI is InChI=1S/C19H17N3O5S/c1-28(24,25)21-14-6-2-5-13(11-14)15-12-16(17-7-3-9-26-17)22(20-15)19(23)18-8-4-10-27-18/h2-11,16,21H,12H2,1H3/t16-/m0/s1. The molecule has 2 aromatic heterocycles. The lowest BCUT2D eigenvalue weighted by Crippen LogP contribution is -2.26. The van der Waals surface area contributed by atoms with Gasteiger partial charge in [0.2, 0.25) is 10.0 Å². The number of hydrogen-bond donors (Lipinski definition) is 1. The second kappa shape index (κ2) is 7.01. The summed E-state index contributed by atoms with van der Waals surface area (Å²) < 4.78 is 36.2. The van der Waals surface area contributed by atoms with E-state index in [-0.39, 0.29) is 11.7 Å². The Morgan fingerprint density at radius 2 is 1.93 bits per heavy atom. The first-order valence-electron chi connectivity index (χ1n) is 8.47. The quantitative estimate of drug-likeness (QED) is 0.709. The van der Waals surface area contributed by atoms with Gasteiger partial charge in [-0.05, 0) is 42.0 Å². The van der Waals surface area contributed by atoms with Crippen LogP contribution in [0.3, 0.4) is 0 Å². The molecule has 3 heterocycles. The van der Waals surface area contributed by atoms with Crippen molar-refractivity contribution in [1.82, 2.24) is 5.01 Å². The number of carbonyl (C=O) groups is 1. The number of benzene rings is 1. The molecule has 0 aliphatic carbocycles. The number of carbonyl (C=O) groups excluding carboxylic acids is 1. The zero-order chi connectivity index (χ0) is 19.7. The Labute approximate surface area is 161 Å². The number of rotatable bonds is 5. The fourth-order valence-electron chi connectivity index (χ4n) is 3.06. The zero-order valence-electron chi connectivity index (χ0n) is 14.9. The van der Waals surface area contributed by atoms with Gasteiger partial charge in [-0.1, -0.05) is 12.1 Å². The monoisotopic (exact) mass is 399 g/mol. The van der Waals surface area contributed by atoms with Gasteiger partial charge in [0.25, 0.3) is 0 Å². The lowest BCUT2D eigenvalue weighted by Gasteiger charge is -2.18. The zero-order valence-corrected chi connectivity index (χ0v) is 15.7. The van der Waals surface area contributed by atoms with Gasteiger partial charge < -0.3 is 8.83 Å². The molecule has 0 fully saturated rings. The molecule has 0 unspecified atom stereocenters. The Hall–Kier alpha value is -3.33. The predicted octanol–water partition coefficient (Wildman–Crippen LogP) is 3.24. The molecule has 0 saturated heterocycles. The number of hydrazone groups is 1. The minimum atomic E-state index is -3.40. The summed E-state index contributed by atoms with van der Waals surface area (Å²) in [7, 11) is -3.40. The summed E-state index contributed by atoms with van der Waals surface area (Å²) in [5, 5.41) is 5.83. The molecule has 0 saturated carbocycles. The maximum absolute atomic E-state index is 12.8. The summed E-state index contributed by atoms with van der Waals surface area (Å²) in [6, 6.07) is 13.2. The van der Waals surface area contributed by atoms with Gasteiger partial charge in [-0.15, -0.1) is 0 Å². The van der Waals surface area contributed by atoms with E-state index in [1.165, 1.54) is 11.3 Å². The van der Waals surface area contributed by atoms with Crippen LogP contribution in [0.5, 0.6) is 0 Å². The van der Waals surface area contributed by atoms with E-state index in [0.29, 0.717) is 29.1 Å². The topological polar surface area (TPSA) is 105 Å². The van der Waals surface area contributed by atoms with Crippen molar-refractivity contribution in [1.29, 1.82) is 0 Å². The fraction of sp³-hybridized carbons (Fsp3) is 0.158. The van der Waals surface area contributed by atoms with Gasteiger partial charge in [-0.3, -0.25) is 9.52 Å². The summed E-state index contributed by atoms with van der Waals surface area (Å²) in [5.41, 5.74) is 1.77. The molecule has 1 atom stereocenters. The average Bonchev–Trinajstić information content (AvgIpc) is 3.40. The van der Waals surface area contributed by atoms with Crippen LogP contribution in [0.2, 0.25) is 0 Å². The van der Waals surface area contributed by atoms with E-state index in [9.17, 15) is 13.2 Å². The van der Waals surface area contributed by atoms with Crippen LogP contribution in [-0.2, 0) is 10.0 Å². The number of sulfonamides is 1. The summed E-state index contributed by atoms with van der Waals surface area (Å²) in [6.07, 6.45) is 4.47. The molecule has 1 N–H and O–H groups in total. The highest BCUT2D eigenvalue weighted by atomic mass is 32.2. The molecular weight excluding hydrogens is 382 g/mol. The second-order valence-electron chi connectivity index (χ2n) is 6.36. The Morgan fingerprint density at radius 3 is 2.61 bits per heavy atom. The number of furan rings is 2. The number of nitrogens with one attached hydrogen (secondary N) is 1. The lowest BCUT2D eigenvalue weighted by molar-refractivity contribution is 0.0660. The largest absolute Gasteiger partial charge is 0.467 e. The van der Waals surface area contributed by atoms with Gasteiger partial charge in [0.1, 0.15) is 11.8 Å². The molecule has 3 aromatic rings. The van der Waals surface area contributed by atoms with Gasteiger partial charge in [-0.25, -0.2) is 13.4 Å². The van der Waals surface area contributed by atoms with E-state index in [4.69, 9.17) is 8.83 Å². The van der Waals surface area contributed by atoms with Crippen molar-refractivity contribution >= 4 is 27.3 Å². The first-order valence-corrected chi connectivity index (χ1v) is 10.4. The Morgan fingerprint density at radius 1 is 1.14 bits per heavy atom. The molecule has 1 aliphatic heterocycles. The van der Waals surface area contributed by atoms with Gasteiger partial charge in [0.15, 0.2) is 5.76 Å². The van der Waals surface area contributed by atoms with Gasteiger partial charge in [0.05, 0.1) is 24.5 Å². The van der Waals surface area contributed by atoms with Crippen LogP contribution in [0.15, 0.2) is 75.0 Å². The second-order valence-corrected chi connectivity index (χ2v) is 8.11. The SMILES string of the molecule is CS(=O)(=O)Nc1cccc(C2=NN(C(=O)c3ccco3)[C@H](c3ccco3)C2)c1. The molecule has 144 valence electrons. The summed E-state index contributed by atoms with van der Waals surface area (Å²) in [4.78, 5) is 12.8. The van der Waals surface area contributed by atoms with Gasteiger partial charge >= 0.3 is 5.91 Å². The molecule has 0 radical (unpaired) electrons. The van der Waals surface area contributed by atoms with Crippen molar-refractivity contribution < 1.29 is 22.0 Å². The summed E-state index contributed by atoms with van der Waals surface area (Å²) in [6.45, 7) is 0. The third-order valence-electron chi connectivity index (χ3n) is 4.22.